The lowest BCUT2D eigenvalue weighted by molar-refractivity contribution is -0.142. The van der Waals surface area contributed by atoms with Crippen molar-refractivity contribution in [3.63, 3.8) is 0 Å². The van der Waals surface area contributed by atoms with Crippen molar-refractivity contribution in [2.45, 2.75) is 25.6 Å². The van der Waals surface area contributed by atoms with Gasteiger partial charge in [-0.15, -0.1) is 0 Å². The normalized spacial score (nSPS) is 11.4. The van der Waals surface area contributed by atoms with Crippen LogP contribution in [0.15, 0.2) is 115 Å². The first-order valence-electron chi connectivity index (χ1n) is 12.2. The zero-order valence-electron chi connectivity index (χ0n) is 20.4. The van der Waals surface area contributed by atoms with Crippen LogP contribution in [0.3, 0.4) is 0 Å². The number of nitrogens with zero attached hydrogens (tertiary/aromatic N) is 1. The fraction of sp³-hybridized carbons (Fsp3) is 0.161. The summed E-state index contributed by atoms with van der Waals surface area (Å²) in [6.07, 6.45) is 0.367. The first kappa shape index (κ1) is 26.0. The van der Waals surface area contributed by atoms with E-state index < -0.39 is 6.04 Å². The summed E-state index contributed by atoms with van der Waals surface area (Å²) in [7, 11) is 0. The topological polar surface area (TPSA) is 58.6 Å². The number of nitrogens with one attached hydrogen (secondary N) is 1. The average molecular weight is 513 g/mol. The summed E-state index contributed by atoms with van der Waals surface area (Å²) >= 11 is 6.22. The van der Waals surface area contributed by atoms with E-state index in [-0.39, 0.29) is 25.0 Å². The molecule has 0 saturated carbocycles. The van der Waals surface area contributed by atoms with Crippen LogP contribution in [-0.2, 0) is 29.1 Å². The van der Waals surface area contributed by atoms with Crippen molar-refractivity contribution in [3.05, 3.63) is 137 Å². The molecule has 2 amide bonds. The molecule has 6 heteroatoms. The highest BCUT2D eigenvalue weighted by molar-refractivity contribution is 6.32. The molecule has 0 aromatic heterocycles. The third kappa shape index (κ3) is 7.69. The Morgan fingerprint density at radius 3 is 1.89 bits per heavy atom. The van der Waals surface area contributed by atoms with Crippen molar-refractivity contribution in [2.75, 3.05) is 6.61 Å². The number of hydrogen-bond acceptors (Lipinski definition) is 3. The van der Waals surface area contributed by atoms with E-state index in [9.17, 15) is 9.59 Å². The van der Waals surface area contributed by atoms with Gasteiger partial charge in [0.05, 0.1) is 5.02 Å². The van der Waals surface area contributed by atoms with E-state index in [2.05, 4.69) is 5.32 Å². The maximum absolute atomic E-state index is 13.6. The van der Waals surface area contributed by atoms with Gasteiger partial charge in [0.15, 0.2) is 6.61 Å². The zero-order valence-corrected chi connectivity index (χ0v) is 21.2. The molecule has 1 atom stereocenters. The zero-order chi connectivity index (χ0) is 25.9. The van der Waals surface area contributed by atoms with Crippen LogP contribution in [0, 0.1) is 0 Å². The summed E-state index contributed by atoms with van der Waals surface area (Å²) in [5.41, 5.74) is 2.86. The summed E-state index contributed by atoms with van der Waals surface area (Å²) in [6, 6.07) is 35.3. The molecule has 37 heavy (non-hydrogen) atoms. The van der Waals surface area contributed by atoms with Crippen LogP contribution >= 0.6 is 11.6 Å². The summed E-state index contributed by atoms with van der Waals surface area (Å²) < 4.78 is 5.77. The number of amides is 2. The minimum atomic E-state index is -0.742. The van der Waals surface area contributed by atoms with E-state index in [0.29, 0.717) is 23.7 Å². The second-order valence-electron chi connectivity index (χ2n) is 8.64. The molecule has 0 saturated heterocycles. The molecule has 1 N–H and O–H groups in total. The Labute approximate surface area is 222 Å². The molecule has 4 aromatic carbocycles. The standard InChI is InChI=1S/C31H29ClN2O3/c32-27-18-10-11-19-29(27)37-23-30(35)34(22-26-16-8-3-9-17-26)28(20-24-12-4-1-5-13-24)31(36)33-21-25-14-6-2-7-15-25/h1-19,28H,20-23H2,(H,33,36). The highest BCUT2D eigenvalue weighted by atomic mass is 35.5. The van der Waals surface area contributed by atoms with E-state index in [4.69, 9.17) is 16.3 Å². The summed E-state index contributed by atoms with van der Waals surface area (Å²) in [4.78, 5) is 28.8. The highest BCUT2D eigenvalue weighted by Gasteiger charge is 2.30. The van der Waals surface area contributed by atoms with Gasteiger partial charge in [0, 0.05) is 19.5 Å². The molecule has 0 aliphatic carbocycles. The summed E-state index contributed by atoms with van der Waals surface area (Å²) in [6.45, 7) is 0.393. The molecule has 4 rings (SSSR count). The van der Waals surface area contributed by atoms with Gasteiger partial charge >= 0.3 is 0 Å². The van der Waals surface area contributed by atoms with Crippen LogP contribution < -0.4 is 10.1 Å². The molecule has 0 bridgehead atoms. The number of para-hydroxylation sites is 1. The van der Waals surface area contributed by atoms with Gasteiger partial charge in [-0.2, -0.15) is 0 Å². The number of carbonyl (C=O) groups excluding carboxylic acids is 2. The van der Waals surface area contributed by atoms with E-state index in [1.54, 1.807) is 29.2 Å². The molecule has 0 aliphatic rings. The lowest BCUT2D eigenvalue weighted by atomic mass is 10.0. The fourth-order valence-corrected chi connectivity index (χ4v) is 4.21. The number of benzene rings is 4. The molecular weight excluding hydrogens is 484 g/mol. The van der Waals surface area contributed by atoms with Crippen LogP contribution in [0.2, 0.25) is 5.02 Å². The van der Waals surface area contributed by atoms with Gasteiger partial charge in [-0.1, -0.05) is 115 Å². The van der Waals surface area contributed by atoms with Crippen molar-refractivity contribution in [3.8, 4) is 5.75 Å². The van der Waals surface area contributed by atoms with Crippen LogP contribution in [-0.4, -0.2) is 29.4 Å². The minimum Gasteiger partial charge on any atom is -0.482 e. The van der Waals surface area contributed by atoms with E-state index in [1.165, 1.54) is 0 Å². The first-order chi connectivity index (χ1) is 18.1. The van der Waals surface area contributed by atoms with Crippen LogP contribution in [0.4, 0.5) is 0 Å². The molecule has 5 nitrogen and oxygen atoms in total. The minimum absolute atomic E-state index is 0.227. The number of carbonyl (C=O) groups is 2. The lowest BCUT2D eigenvalue weighted by Gasteiger charge is -2.31. The van der Waals surface area contributed by atoms with E-state index in [1.807, 2.05) is 91.0 Å². The van der Waals surface area contributed by atoms with Gasteiger partial charge < -0.3 is 15.0 Å². The third-order valence-corrected chi connectivity index (χ3v) is 6.28. The molecule has 1 unspecified atom stereocenters. The number of halogens is 1. The van der Waals surface area contributed by atoms with Gasteiger partial charge in [-0.25, -0.2) is 0 Å². The quantitative estimate of drug-likeness (QED) is 0.281. The average Bonchev–Trinajstić information content (AvgIpc) is 2.94. The molecule has 0 aliphatic heterocycles. The molecule has 4 aromatic rings. The van der Waals surface area contributed by atoms with Gasteiger partial charge in [-0.3, -0.25) is 9.59 Å². The van der Waals surface area contributed by atoms with Gasteiger partial charge in [0.25, 0.3) is 5.91 Å². The smallest absolute Gasteiger partial charge is 0.261 e. The van der Waals surface area contributed by atoms with Gasteiger partial charge in [-0.05, 0) is 28.8 Å². The van der Waals surface area contributed by atoms with Crippen LogP contribution in [0.25, 0.3) is 0 Å². The first-order valence-corrected chi connectivity index (χ1v) is 12.5. The monoisotopic (exact) mass is 512 g/mol. The molecule has 188 valence electrons. The largest absolute Gasteiger partial charge is 0.482 e. The summed E-state index contributed by atoms with van der Waals surface area (Å²) in [5, 5.41) is 3.45. The van der Waals surface area contributed by atoms with Crippen molar-refractivity contribution in [2.24, 2.45) is 0 Å². The lowest BCUT2D eigenvalue weighted by Crippen LogP contribution is -2.51. The molecule has 0 spiro atoms. The Hall–Kier alpha value is -4.09. The van der Waals surface area contributed by atoms with Crippen molar-refractivity contribution >= 4 is 23.4 Å². The Morgan fingerprint density at radius 2 is 1.27 bits per heavy atom. The van der Waals surface area contributed by atoms with E-state index in [0.717, 1.165) is 16.7 Å². The third-order valence-electron chi connectivity index (χ3n) is 5.96. The number of rotatable bonds is 11. The maximum Gasteiger partial charge on any atom is 0.261 e. The Balaban J connectivity index is 1.60. The Morgan fingerprint density at radius 1 is 0.730 bits per heavy atom. The van der Waals surface area contributed by atoms with Crippen LogP contribution in [0.1, 0.15) is 16.7 Å². The van der Waals surface area contributed by atoms with Gasteiger partial charge in [0.1, 0.15) is 11.8 Å². The highest BCUT2D eigenvalue weighted by Crippen LogP contribution is 2.23. The number of hydrogen-bond donors (Lipinski definition) is 1. The van der Waals surface area contributed by atoms with E-state index >= 15 is 0 Å². The van der Waals surface area contributed by atoms with Crippen molar-refractivity contribution < 1.29 is 14.3 Å². The Bertz CT molecular complexity index is 1280. The fourth-order valence-electron chi connectivity index (χ4n) is 4.02. The molecule has 0 heterocycles. The predicted octanol–water partition coefficient (Wildman–Crippen LogP) is 5.68. The van der Waals surface area contributed by atoms with Gasteiger partial charge in [0.2, 0.25) is 5.91 Å². The Kier molecular flexibility index (Phi) is 9.33. The van der Waals surface area contributed by atoms with Crippen molar-refractivity contribution in [1.29, 1.82) is 0 Å². The number of ether oxygens (including phenoxy) is 1. The second kappa shape index (κ2) is 13.3. The van der Waals surface area contributed by atoms with Crippen molar-refractivity contribution in [1.82, 2.24) is 10.2 Å². The summed E-state index contributed by atoms with van der Waals surface area (Å²) in [5.74, 6) is -0.111. The molecular formula is C31H29ClN2O3. The second-order valence-corrected chi connectivity index (χ2v) is 9.04. The predicted molar refractivity (Wildman–Crippen MR) is 146 cm³/mol. The molecule has 0 radical (unpaired) electrons. The SMILES string of the molecule is O=C(NCc1ccccc1)C(Cc1ccccc1)N(Cc1ccccc1)C(=O)COc1ccccc1Cl. The molecule has 0 fully saturated rings. The van der Waals surface area contributed by atoms with Crippen LogP contribution in [0.5, 0.6) is 5.75 Å². The maximum atomic E-state index is 13.6.